The third-order valence-electron chi connectivity index (χ3n) is 3.74. The van der Waals surface area contributed by atoms with Crippen LogP contribution in [0.2, 0.25) is 0 Å². The Hall–Kier alpha value is -2.36. The quantitative estimate of drug-likeness (QED) is 0.926. The first-order valence-corrected chi connectivity index (χ1v) is 7.64. The molecule has 4 nitrogen and oxygen atoms in total. The number of carboxylic acids is 1. The van der Waals surface area contributed by atoms with Crippen molar-refractivity contribution < 1.29 is 9.90 Å². The molecule has 1 aromatic heterocycles. The van der Waals surface area contributed by atoms with E-state index >= 15 is 0 Å². The molecule has 0 spiro atoms. The topological polar surface area (TPSA) is 53.4 Å². The Labute approximate surface area is 137 Å². The van der Waals surface area contributed by atoms with E-state index in [1.165, 1.54) is 0 Å². The van der Waals surface area contributed by atoms with Crippen molar-refractivity contribution >= 4 is 11.8 Å². The summed E-state index contributed by atoms with van der Waals surface area (Å²) >= 11 is 0. The normalized spacial score (nSPS) is 11.4. The highest BCUT2D eigenvalue weighted by atomic mass is 16.4. The highest BCUT2D eigenvalue weighted by Gasteiger charge is 2.25. The molecule has 0 saturated heterocycles. The van der Waals surface area contributed by atoms with Gasteiger partial charge in [0.05, 0.1) is 0 Å². The minimum absolute atomic E-state index is 0.166. The molecule has 0 saturated carbocycles. The number of nitrogens with zero attached hydrogens (tertiary/aromatic N) is 2. The number of aromatic nitrogens is 1. The number of rotatable bonds is 3. The van der Waals surface area contributed by atoms with Crippen molar-refractivity contribution in [3.63, 3.8) is 0 Å². The number of carbonyl (C=O) groups is 1. The van der Waals surface area contributed by atoms with Crippen molar-refractivity contribution in [1.29, 1.82) is 0 Å². The van der Waals surface area contributed by atoms with E-state index in [1.807, 2.05) is 51.4 Å². The fourth-order valence-electron chi connectivity index (χ4n) is 2.49. The van der Waals surface area contributed by atoms with Gasteiger partial charge in [-0.1, -0.05) is 50.6 Å². The highest BCUT2D eigenvalue weighted by molar-refractivity contribution is 6.01. The first-order chi connectivity index (χ1) is 10.6. The molecule has 0 fully saturated rings. The van der Waals surface area contributed by atoms with Crippen molar-refractivity contribution in [2.45, 2.75) is 33.1 Å². The van der Waals surface area contributed by atoms with Gasteiger partial charge in [0.15, 0.2) is 0 Å². The molecule has 122 valence electrons. The monoisotopic (exact) mass is 312 g/mol. The summed E-state index contributed by atoms with van der Waals surface area (Å²) in [5.41, 5.74) is 3.67. The van der Waals surface area contributed by atoms with Crippen molar-refractivity contribution in [2.24, 2.45) is 0 Å². The zero-order chi connectivity index (χ0) is 17.4. The molecule has 2 rings (SSSR count). The Morgan fingerprint density at radius 2 is 1.83 bits per heavy atom. The van der Waals surface area contributed by atoms with Crippen LogP contribution in [0.4, 0.5) is 5.82 Å². The molecule has 1 N–H and O–H groups in total. The molecule has 1 heterocycles. The first kappa shape index (κ1) is 17.0. The fraction of sp³-hybridized carbons (Fsp3) is 0.368. The van der Waals surface area contributed by atoms with Crippen LogP contribution in [0.1, 0.15) is 42.4 Å². The molecule has 1 aromatic carbocycles. The van der Waals surface area contributed by atoms with Gasteiger partial charge in [-0.25, -0.2) is 9.78 Å². The van der Waals surface area contributed by atoms with Gasteiger partial charge in [0, 0.05) is 30.8 Å². The van der Waals surface area contributed by atoms with Crippen LogP contribution >= 0.6 is 0 Å². The van der Waals surface area contributed by atoms with E-state index in [2.05, 4.69) is 25.8 Å². The second-order valence-electron chi connectivity index (χ2n) is 7.07. The van der Waals surface area contributed by atoms with Gasteiger partial charge in [0.25, 0.3) is 0 Å². The lowest BCUT2D eigenvalue weighted by Crippen LogP contribution is -2.21. The Bertz CT molecular complexity index is 744. The second-order valence-corrected chi connectivity index (χ2v) is 7.07. The van der Waals surface area contributed by atoms with Crippen molar-refractivity contribution in [2.75, 3.05) is 19.0 Å². The van der Waals surface area contributed by atoms with Gasteiger partial charge in [-0.05, 0) is 18.6 Å². The molecule has 4 heteroatoms. The molecule has 0 aliphatic rings. The summed E-state index contributed by atoms with van der Waals surface area (Å²) in [7, 11) is 3.64. The van der Waals surface area contributed by atoms with Crippen LogP contribution in [0.5, 0.6) is 0 Å². The Kier molecular flexibility index (Phi) is 4.46. The molecular formula is C19H24N2O2. The molecular weight excluding hydrogens is 288 g/mol. The molecule has 2 aromatic rings. The molecule has 0 bridgehead atoms. The maximum Gasteiger partial charge on any atom is 0.340 e. The van der Waals surface area contributed by atoms with Crippen LogP contribution in [-0.4, -0.2) is 30.2 Å². The largest absolute Gasteiger partial charge is 0.478 e. The van der Waals surface area contributed by atoms with Crippen LogP contribution in [0.15, 0.2) is 30.3 Å². The van der Waals surface area contributed by atoms with Crippen molar-refractivity contribution in [1.82, 2.24) is 4.98 Å². The molecule has 0 atom stereocenters. The third kappa shape index (κ3) is 3.52. The number of pyridine rings is 1. The fourth-order valence-corrected chi connectivity index (χ4v) is 2.49. The van der Waals surface area contributed by atoms with Gasteiger partial charge in [-0.3, -0.25) is 0 Å². The molecule has 23 heavy (non-hydrogen) atoms. The van der Waals surface area contributed by atoms with Gasteiger partial charge in [-0.15, -0.1) is 0 Å². The van der Waals surface area contributed by atoms with E-state index in [1.54, 1.807) is 4.90 Å². The smallest absolute Gasteiger partial charge is 0.340 e. The number of hydrogen-bond acceptors (Lipinski definition) is 3. The predicted octanol–water partition coefficient (Wildman–Crippen LogP) is 4.12. The number of anilines is 1. The molecule has 0 aliphatic carbocycles. The molecule has 0 unspecified atom stereocenters. The summed E-state index contributed by atoms with van der Waals surface area (Å²) in [4.78, 5) is 18.3. The lowest BCUT2D eigenvalue weighted by atomic mass is 9.88. The Morgan fingerprint density at radius 3 is 2.30 bits per heavy atom. The number of hydrogen-bond donors (Lipinski definition) is 1. The molecule has 0 radical (unpaired) electrons. The minimum Gasteiger partial charge on any atom is -0.478 e. The predicted molar refractivity (Wildman–Crippen MR) is 94.4 cm³/mol. The third-order valence-corrected chi connectivity index (χ3v) is 3.74. The number of aromatic carboxylic acids is 1. The van der Waals surface area contributed by atoms with Gasteiger partial charge >= 0.3 is 5.97 Å². The van der Waals surface area contributed by atoms with E-state index in [0.29, 0.717) is 11.4 Å². The summed E-state index contributed by atoms with van der Waals surface area (Å²) in [6, 6.07) is 9.81. The first-order valence-electron chi connectivity index (χ1n) is 7.64. The minimum atomic E-state index is -0.960. The number of aryl methyl sites for hydroxylation is 1. The summed E-state index contributed by atoms with van der Waals surface area (Å²) < 4.78 is 0. The SMILES string of the molecule is Cc1cccc(-c2cc(C(C)(C)C)nc(N(C)C)c2C(=O)O)c1. The van der Waals surface area contributed by atoms with Gasteiger partial charge in [0.1, 0.15) is 11.4 Å². The average molecular weight is 312 g/mol. The standard InChI is InChI=1S/C19H24N2O2/c1-12-8-7-9-13(10-12)14-11-15(19(2,3)4)20-17(21(5)6)16(14)18(22)23/h7-11H,1-6H3,(H,22,23). The Balaban J connectivity index is 2.86. The highest BCUT2D eigenvalue weighted by Crippen LogP contribution is 2.34. The van der Waals surface area contributed by atoms with Crippen LogP contribution in [-0.2, 0) is 5.41 Å². The Morgan fingerprint density at radius 1 is 1.17 bits per heavy atom. The maximum atomic E-state index is 11.9. The number of carboxylic acid groups (broad SMARTS) is 1. The van der Waals surface area contributed by atoms with Gasteiger partial charge < -0.3 is 10.0 Å². The molecule has 0 amide bonds. The van der Waals surface area contributed by atoms with E-state index in [9.17, 15) is 9.90 Å². The molecule has 0 aliphatic heterocycles. The van der Waals surface area contributed by atoms with E-state index < -0.39 is 5.97 Å². The maximum absolute atomic E-state index is 11.9. The zero-order valence-electron chi connectivity index (χ0n) is 14.6. The van der Waals surface area contributed by atoms with Gasteiger partial charge in [0.2, 0.25) is 0 Å². The lowest BCUT2D eigenvalue weighted by molar-refractivity contribution is 0.0698. The zero-order valence-corrected chi connectivity index (χ0v) is 14.6. The average Bonchev–Trinajstić information content (AvgIpc) is 2.44. The second kappa shape index (κ2) is 6.03. The summed E-state index contributed by atoms with van der Waals surface area (Å²) in [6.45, 7) is 8.24. The summed E-state index contributed by atoms with van der Waals surface area (Å²) in [5.74, 6) is -0.473. The van der Waals surface area contributed by atoms with E-state index in [4.69, 9.17) is 0 Å². The van der Waals surface area contributed by atoms with Crippen LogP contribution in [0.25, 0.3) is 11.1 Å². The summed E-state index contributed by atoms with van der Waals surface area (Å²) in [5, 5.41) is 9.75. The summed E-state index contributed by atoms with van der Waals surface area (Å²) in [6.07, 6.45) is 0. The van der Waals surface area contributed by atoms with E-state index in [-0.39, 0.29) is 11.0 Å². The van der Waals surface area contributed by atoms with Crippen molar-refractivity contribution in [3.05, 3.63) is 47.2 Å². The van der Waals surface area contributed by atoms with Gasteiger partial charge in [-0.2, -0.15) is 0 Å². The number of benzene rings is 1. The van der Waals surface area contributed by atoms with Crippen LogP contribution in [0.3, 0.4) is 0 Å². The van der Waals surface area contributed by atoms with Crippen molar-refractivity contribution in [3.8, 4) is 11.1 Å². The van der Waals surface area contributed by atoms with Crippen LogP contribution < -0.4 is 4.90 Å². The van der Waals surface area contributed by atoms with Crippen LogP contribution in [0, 0.1) is 6.92 Å². The lowest BCUT2D eigenvalue weighted by Gasteiger charge is -2.24. The van der Waals surface area contributed by atoms with E-state index in [0.717, 1.165) is 16.8 Å².